The lowest BCUT2D eigenvalue weighted by Gasteiger charge is -2.45. The zero-order chi connectivity index (χ0) is 18.9. The van der Waals surface area contributed by atoms with Gasteiger partial charge in [0.05, 0.1) is 30.5 Å². The molecule has 6 heteroatoms. The van der Waals surface area contributed by atoms with E-state index in [2.05, 4.69) is 23.1 Å². The number of hydrogen-bond donors (Lipinski definition) is 1. The van der Waals surface area contributed by atoms with Crippen LogP contribution >= 0.6 is 0 Å². The molecule has 26 heavy (non-hydrogen) atoms. The number of allylic oxidation sites excluding steroid dienone is 2. The summed E-state index contributed by atoms with van der Waals surface area (Å²) in [7, 11) is 3.55. The fourth-order valence-electron chi connectivity index (χ4n) is 4.04. The van der Waals surface area contributed by atoms with Crippen molar-refractivity contribution in [1.82, 2.24) is 4.90 Å². The van der Waals surface area contributed by atoms with E-state index in [1.54, 1.807) is 7.11 Å². The van der Waals surface area contributed by atoms with Crippen LogP contribution in [0, 0.1) is 45.3 Å². The molecule has 2 unspecified atom stereocenters. The monoisotopic (exact) mass is 345 g/mol. The lowest BCUT2D eigenvalue weighted by atomic mass is 9.58. The maximum absolute atomic E-state index is 9.98. The van der Waals surface area contributed by atoms with Gasteiger partial charge in [-0.1, -0.05) is 18.2 Å². The van der Waals surface area contributed by atoms with Gasteiger partial charge < -0.3 is 15.4 Å². The van der Waals surface area contributed by atoms with Crippen molar-refractivity contribution in [2.45, 2.75) is 5.92 Å². The number of rotatable bonds is 2. The Morgan fingerprint density at radius 2 is 2.00 bits per heavy atom. The molecule has 0 saturated carbocycles. The van der Waals surface area contributed by atoms with Gasteiger partial charge in [0.2, 0.25) is 0 Å². The van der Waals surface area contributed by atoms with Crippen molar-refractivity contribution in [3.63, 3.8) is 0 Å². The minimum atomic E-state index is -1.60. The highest BCUT2D eigenvalue weighted by Crippen LogP contribution is 2.54. The molecular weight excluding hydrogens is 326 g/mol. The molecule has 1 aliphatic carbocycles. The Kier molecular flexibility index (Phi) is 4.43. The van der Waals surface area contributed by atoms with Crippen LogP contribution in [-0.2, 0) is 0 Å². The van der Waals surface area contributed by atoms with Crippen LogP contribution in [0.3, 0.4) is 0 Å². The first-order chi connectivity index (χ1) is 12.5. The molecular formula is C20H19N5O. The predicted molar refractivity (Wildman–Crippen MR) is 95.3 cm³/mol. The van der Waals surface area contributed by atoms with E-state index in [9.17, 15) is 15.8 Å². The minimum absolute atomic E-state index is 0.0462. The van der Waals surface area contributed by atoms with E-state index in [0.29, 0.717) is 18.8 Å². The molecule has 0 spiro atoms. The molecule has 0 amide bonds. The molecule has 0 fully saturated rings. The first-order valence-electron chi connectivity index (χ1n) is 8.28. The van der Waals surface area contributed by atoms with E-state index < -0.39 is 11.3 Å². The van der Waals surface area contributed by atoms with E-state index in [1.165, 1.54) is 0 Å². The summed E-state index contributed by atoms with van der Waals surface area (Å²) in [5.74, 6) is -0.0172. The van der Waals surface area contributed by atoms with Gasteiger partial charge in [-0.2, -0.15) is 15.8 Å². The van der Waals surface area contributed by atoms with E-state index in [-0.39, 0.29) is 17.2 Å². The second-order valence-corrected chi connectivity index (χ2v) is 6.67. The third kappa shape index (κ3) is 2.42. The van der Waals surface area contributed by atoms with Crippen molar-refractivity contribution in [2.75, 3.05) is 27.2 Å². The SMILES string of the molecule is COc1cccc(C2C3CN(C)CC=C3C(C#N)=C(N)C2(C#N)C#N)c1. The second-order valence-electron chi connectivity index (χ2n) is 6.67. The Labute approximate surface area is 153 Å². The summed E-state index contributed by atoms with van der Waals surface area (Å²) >= 11 is 0. The zero-order valence-electron chi connectivity index (χ0n) is 14.7. The number of nitrogens with two attached hydrogens (primary N) is 1. The number of methoxy groups -OCH3 is 1. The molecule has 1 aliphatic heterocycles. The van der Waals surface area contributed by atoms with Crippen LogP contribution in [0.5, 0.6) is 5.75 Å². The van der Waals surface area contributed by atoms with Gasteiger partial charge >= 0.3 is 0 Å². The molecule has 1 aromatic rings. The van der Waals surface area contributed by atoms with E-state index in [1.807, 2.05) is 37.4 Å². The molecule has 0 saturated heterocycles. The number of benzene rings is 1. The van der Waals surface area contributed by atoms with E-state index in [0.717, 1.165) is 11.1 Å². The van der Waals surface area contributed by atoms with Crippen molar-refractivity contribution in [3.8, 4) is 24.0 Å². The number of likely N-dealkylation sites (N-methyl/N-ethyl adjacent to an activating group) is 1. The molecule has 2 aliphatic rings. The number of fused-ring (bicyclic) bond motifs is 1. The number of hydrogen-bond acceptors (Lipinski definition) is 6. The summed E-state index contributed by atoms with van der Waals surface area (Å²) in [6, 6.07) is 13.8. The Morgan fingerprint density at radius 1 is 1.27 bits per heavy atom. The maximum atomic E-state index is 9.98. The van der Waals surface area contributed by atoms with Gasteiger partial charge in [0.1, 0.15) is 11.8 Å². The van der Waals surface area contributed by atoms with Crippen LogP contribution in [-0.4, -0.2) is 32.1 Å². The van der Waals surface area contributed by atoms with Crippen molar-refractivity contribution in [3.05, 3.63) is 52.7 Å². The Bertz CT molecular complexity index is 911. The van der Waals surface area contributed by atoms with Crippen LogP contribution in [0.1, 0.15) is 11.5 Å². The summed E-state index contributed by atoms with van der Waals surface area (Å²) in [4.78, 5) is 2.11. The number of nitriles is 3. The molecule has 1 heterocycles. The number of nitrogens with zero attached hydrogens (tertiary/aromatic N) is 4. The van der Waals surface area contributed by atoms with Crippen molar-refractivity contribution < 1.29 is 4.74 Å². The summed E-state index contributed by atoms with van der Waals surface area (Å²) in [6.07, 6.45) is 1.98. The van der Waals surface area contributed by atoms with Gasteiger partial charge in [-0.05, 0) is 30.3 Å². The highest BCUT2D eigenvalue weighted by atomic mass is 16.5. The van der Waals surface area contributed by atoms with Gasteiger partial charge in [-0.25, -0.2) is 0 Å². The smallest absolute Gasteiger partial charge is 0.191 e. The van der Waals surface area contributed by atoms with Crippen LogP contribution in [0.4, 0.5) is 0 Å². The fourth-order valence-corrected chi connectivity index (χ4v) is 4.04. The van der Waals surface area contributed by atoms with Gasteiger partial charge in [-0.15, -0.1) is 0 Å². The number of ether oxygens (including phenoxy) is 1. The molecule has 130 valence electrons. The Hall–Kier alpha value is -3.27. The first-order valence-corrected chi connectivity index (χ1v) is 8.28. The maximum Gasteiger partial charge on any atom is 0.191 e. The Balaban J connectivity index is 2.32. The fraction of sp³-hybridized carbons (Fsp3) is 0.350. The molecule has 6 nitrogen and oxygen atoms in total. The second kappa shape index (κ2) is 6.56. The third-order valence-electron chi connectivity index (χ3n) is 5.30. The largest absolute Gasteiger partial charge is 0.497 e. The molecule has 2 N–H and O–H groups in total. The van der Waals surface area contributed by atoms with Crippen LogP contribution < -0.4 is 10.5 Å². The van der Waals surface area contributed by atoms with Crippen LogP contribution in [0.15, 0.2) is 47.2 Å². The summed E-state index contributed by atoms with van der Waals surface area (Å²) in [5, 5.41) is 29.6. The quantitative estimate of drug-likeness (QED) is 0.878. The average molecular weight is 345 g/mol. The van der Waals surface area contributed by atoms with Gasteiger partial charge in [0, 0.05) is 24.9 Å². The van der Waals surface area contributed by atoms with Gasteiger partial charge in [-0.3, -0.25) is 0 Å². The average Bonchev–Trinajstić information content (AvgIpc) is 2.67. The lowest BCUT2D eigenvalue weighted by Crippen LogP contribution is -2.47. The zero-order valence-corrected chi connectivity index (χ0v) is 14.7. The summed E-state index contributed by atoms with van der Waals surface area (Å²) in [6.45, 7) is 1.33. The summed E-state index contributed by atoms with van der Waals surface area (Å²) < 4.78 is 5.32. The van der Waals surface area contributed by atoms with Gasteiger partial charge in [0.25, 0.3) is 0 Å². The highest BCUT2D eigenvalue weighted by molar-refractivity contribution is 5.59. The minimum Gasteiger partial charge on any atom is -0.497 e. The molecule has 2 atom stereocenters. The van der Waals surface area contributed by atoms with Crippen molar-refractivity contribution in [2.24, 2.45) is 17.1 Å². The van der Waals surface area contributed by atoms with E-state index >= 15 is 0 Å². The molecule has 3 rings (SSSR count). The van der Waals surface area contributed by atoms with Crippen LogP contribution in [0.2, 0.25) is 0 Å². The molecule has 0 aromatic heterocycles. The van der Waals surface area contributed by atoms with E-state index in [4.69, 9.17) is 10.5 Å². The standard InChI is InChI=1S/C20H19N5O/c1-25-7-6-15-16(9-21)19(24)20(11-22,12-23)18(17(15)10-25)13-4-3-5-14(8-13)26-2/h3-6,8,17-18H,7,10,24H2,1-2H3. The highest BCUT2D eigenvalue weighted by Gasteiger charge is 2.54. The van der Waals surface area contributed by atoms with Crippen molar-refractivity contribution >= 4 is 0 Å². The molecule has 0 radical (unpaired) electrons. The molecule has 0 bridgehead atoms. The predicted octanol–water partition coefficient (Wildman–Crippen LogP) is 2.05. The first kappa shape index (κ1) is 17.5. The third-order valence-corrected chi connectivity index (χ3v) is 5.30. The summed E-state index contributed by atoms with van der Waals surface area (Å²) in [5.41, 5.74) is 6.61. The van der Waals surface area contributed by atoms with Crippen LogP contribution in [0.25, 0.3) is 0 Å². The normalized spacial score (nSPS) is 24.5. The topological polar surface area (TPSA) is 110 Å². The lowest BCUT2D eigenvalue weighted by molar-refractivity contribution is 0.237. The van der Waals surface area contributed by atoms with Gasteiger partial charge in [0.15, 0.2) is 5.41 Å². The molecule has 1 aromatic carbocycles. The Morgan fingerprint density at radius 3 is 2.62 bits per heavy atom. The van der Waals surface area contributed by atoms with Crippen molar-refractivity contribution in [1.29, 1.82) is 15.8 Å².